The Bertz CT molecular complexity index is 1250. The number of nitrogens with zero attached hydrogens (tertiary/aromatic N) is 1. The van der Waals surface area contributed by atoms with Crippen LogP contribution in [-0.4, -0.2) is 89.1 Å². The van der Waals surface area contributed by atoms with Crippen LogP contribution in [0, 0.1) is 23.2 Å². The zero-order chi connectivity index (χ0) is 36.4. The largest absolute Gasteiger partial charge is 0.460 e. The lowest BCUT2D eigenvalue weighted by Crippen LogP contribution is -2.60. The second-order valence-electron chi connectivity index (χ2n) is 15.7. The summed E-state index contributed by atoms with van der Waals surface area (Å²) in [5, 5.41) is 6.96. The van der Waals surface area contributed by atoms with E-state index in [1.54, 1.807) is 41.5 Å². The Morgan fingerprint density at radius 2 is 1.46 bits per heavy atom. The van der Waals surface area contributed by atoms with Crippen molar-refractivity contribution in [2.45, 2.75) is 136 Å². The minimum Gasteiger partial charge on any atom is -0.460 e. The van der Waals surface area contributed by atoms with Gasteiger partial charge in [-0.2, -0.15) is 13.2 Å². The number of ketones is 1. The number of carbonyl (C=O) groups is 6. The number of rotatable bonds is 11. The van der Waals surface area contributed by atoms with Gasteiger partial charge in [0, 0.05) is 13.1 Å². The monoisotopic (exact) mass is 688 g/mol. The third-order valence-electron chi connectivity index (χ3n) is 9.15. The molecular formula is C33H51F3N4O8. The molecule has 0 aromatic heterocycles. The summed E-state index contributed by atoms with van der Waals surface area (Å²) in [5.41, 5.74) is -2.06. The molecule has 4 amide bonds. The van der Waals surface area contributed by atoms with E-state index in [0.29, 0.717) is 12.8 Å². The molecule has 2 unspecified atom stereocenters. The molecule has 3 N–H and O–H groups in total. The molecular weight excluding hydrogens is 637 g/mol. The van der Waals surface area contributed by atoms with Crippen LogP contribution in [0.25, 0.3) is 0 Å². The maximum absolute atomic E-state index is 14.2. The van der Waals surface area contributed by atoms with E-state index in [1.165, 1.54) is 4.90 Å². The molecule has 0 radical (unpaired) electrons. The molecule has 1 heterocycles. The molecule has 0 bridgehead atoms. The fourth-order valence-electron chi connectivity index (χ4n) is 6.89. The molecule has 2 aliphatic carbocycles. The number of nitrogens with one attached hydrogen (secondary N) is 3. The third-order valence-corrected chi connectivity index (χ3v) is 9.15. The molecule has 1 aliphatic heterocycles. The molecule has 1 saturated heterocycles. The van der Waals surface area contributed by atoms with E-state index in [1.807, 2.05) is 13.8 Å². The highest BCUT2D eigenvalue weighted by molar-refractivity contribution is 6.38. The SMILES string of the molecule is CC(C)(C)OC(=O)CCNC(=O)C(=O)C(CC(F)(F)F)NC(=O)C1[C@@H]2[C@H](CN1C(=O)[C@@H](NC(=O)OC(C)(C)C)C1CCCCC1)C2(C)C. The van der Waals surface area contributed by atoms with E-state index in [0.717, 1.165) is 19.3 Å². The Morgan fingerprint density at radius 1 is 0.875 bits per heavy atom. The molecule has 0 spiro atoms. The lowest BCUT2D eigenvalue weighted by Gasteiger charge is -2.37. The highest BCUT2D eigenvalue weighted by Gasteiger charge is 2.70. The van der Waals surface area contributed by atoms with E-state index in [2.05, 4.69) is 16.0 Å². The number of alkyl halides is 3. The Morgan fingerprint density at radius 3 is 2.00 bits per heavy atom. The first-order valence-electron chi connectivity index (χ1n) is 16.6. The molecule has 15 heteroatoms. The number of fused-ring (bicyclic) bond motifs is 1. The molecule has 0 aromatic carbocycles. The Hall–Kier alpha value is -3.39. The number of alkyl carbamates (subject to hydrolysis) is 1. The molecule has 3 rings (SSSR count). The van der Waals surface area contributed by atoms with Crippen molar-refractivity contribution in [2.75, 3.05) is 13.1 Å². The zero-order valence-corrected chi connectivity index (χ0v) is 29.2. The first-order chi connectivity index (χ1) is 21.9. The average Bonchev–Trinajstić information content (AvgIpc) is 3.24. The van der Waals surface area contributed by atoms with Gasteiger partial charge in [-0.1, -0.05) is 33.1 Å². The van der Waals surface area contributed by atoms with E-state index in [-0.39, 0.29) is 31.3 Å². The summed E-state index contributed by atoms with van der Waals surface area (Å²) in [6, 6.07) is -4.53. The van der Waals surface area contributed by atoms with Gasteiger partial charge in [0.15, 0.2) is 0 Å². The first-order valence-corrected chi connectivity index (χ1v) is 16.6. The number of Topliss-reactive ketones (excluding diaryl/α,β-unsaturated/α-hetero) is 1. The van der Waals surface area contributed by atoms with Crippen LogP contribution >= 0.6 is 0 Å². The Labute approximate surface area is 280 Å². The van der Waals surface area contributed by atoms with Gasteiger partial charge >= 0.3 is 18.2 Å². The van der Waals surface area contributed by atoms with Gasteiger partial charge < -0.3 is 30.3 Å². The summed E-state index contributed by atoms with van der Waals surface area (Å²) in [4.78, 5) is 79.6. The quantitative estimate of drug-likeness (QED) is 0.218. The van der Waals surface area contributed by atoms with Crippen molar-refractivity contribution < 1.29 is 51.4 Å². The number of likely N-dealkylation sites (tertiary alicyclic amines) is 1. The van der Waals surface area contributed by atoms with Crippen molar-refractivity contribution in [1.82, 2.24) is 20.9 Å². The number of carbonyl (C=O) groups excluding carboxylic acids is 6. The summed E-state index contributed by atoms with van der Waals surface area (Å²) in [6.07, 6.45) is -3.92. The summed E-state index contributed by atoms with van der Waals surface area (Å²) in [7, 11) is 0. The number of hydrogen-bond donors (Lipinski definition) is 3. The van der Waals surface area contributed by atoms with Crippen LogP contribution in [0.2, 0.25) is 0 Å². The molecule has 0 aromatic rings. The minimum atomic E-state index is -4.93. The summed E-state index contributed by atoms with van der Waals surface area (Å²) < 4.78 is 51.4. The summed E-state index contributed by atoms with van der Waals surface area (Å²) in [6.45, 7) is 13.5. The van der Waals surface area contributed by atoms with Crippen molar-refractivity contribution in [1.29, 1.82) is 0 Å². The van der Waals surface area contributed by atoms with Crippen LogP contribution in [0.5, 0.6) is 0 Å². The molecule has 3 fully saturated rings. The molecule has 2 saturated carbocycles. The van der Waals surface area contributed by atoms with E-state index in [9.17, 15) is 41.9 Å². The maximum Gasteiger partial charge on any atom is 0.408 e. The van der Waals surface area contributed by atoms with E-state index in [4.69, 9.17) is 9.47 Å². The topological polar surface area (TPSA) is 160 Å². The van der Waals surface area contributed by atoms with Crippen LogP contribution in [-0.2, 0) is 33.4 Å². The van der Waals surface area contributed by atoms with Crippen molar-refractivity contribution in [2.24, 2.45) is 23.2 Å². The Balaban J connectivity index is 1.80. The highest BCUT2D eigenvalue weighted by atomic mass is 19.4. The van der Waals surface area contributed by atoms with Crippen LogP contribution < -0.4 is 16.0 Å². The van der Waals surface area contributed by atoms with Gasteiger partial charge in [-0.3, -0.25) is 24.0 Å². The van der Waals surface area contributed by atoms with Gasteiger partial charge in [-0.25, -0.2) is 4.79 Å². The minimum absolute atomic E-state index is 0.136. The smallest absolute Gasteiger partial charge is 0.408 e. The normalized spacial score (nSPS) is 23.6. The number of halogens is 3. The molecule has 272 valence electrons. The highest BCUT2D eigenvalue weighted by Crippen LogP contribution is 2.65. The zero-order valence-electron chi connectivity index (χ0n) is 29.2. The summed E-state index contributed by atoms with van der Waals surface area (Å²) in [5.74, 6) is -5.97. The molecule has 12 nitrogen and oxygen atoms in total. The average molecular weight is 689 g/mol. The van der Waals surface area contributed by atoms with Gasteiger partial charge in [-0.05, 0) is 77.6 Å². The van der Waals surface area contributed by atoms with Gasteiger partial charge in [0.2, 0.25) is 17.6 Å². The van der Waals surface area contributed by atoms with Crippen molar-refractivity contribution in [3.05, 3.63) is 0 Å². The van der Waals surface area contributed by atoms with Crippen molar-refractivity contribution >= 4 is 35.6 Å². The standard InChI is InChI=1S/C33H51F3N4O8/c1-30(2,3)47-21(41)14-15-37-27(44)25(42)20(16-33(34,35)36)38-26(43)24-22-19(32(22,7)8)17-40(24)28(45)23(18-12-10-9-11-13-18)39-29(46)48-31(4,5)6/h18-20,22-24H,9-17H2,1-8H3,(H,37,44)(H,38,43)(H,39,46)/t19-,20?,22-,23-,24?/m0/s1. The number of amides is 4. The maximum atomic E-state index is 14.2. The van der Waals surface area contributed by atoms with Crippen LogP contribution in [0.1, 0.15) is 100 Å². The fraction of sp³-hybridized carbons (Fsp3) is 0.818. The lowest BCUT2D eigenvalue weighted by molar-refractivity contribution is -0.155. The number of ether oxygens (including phenoxy) is 2. The summed E-state index contributed by atoms with van der Waals surface area (Å²) >= 11 is 0. The molecule has 3 aliphatic rings. The second-order valence-corrected chi connectivity index (χ2v) is 15.7. The van der Waals surface area contributed by atoms with Gasteiger partial charge in [0.05, 0.1) is 12.8 Å². The lowest BCUT2D eigenvalue weighted by atomic mass is 9.83. The predicted molar refractivity (Wildman–Crippen MR) is 167 cm³/mol. The van der Waals surface area contributed by atoms with Crippen molar-refractivity contribution in [3.63, 3.8) is 0 Å². The van der Waals surface area contributed by atoms with Crippen LogP contribution in [0.3, 0.4) is 0 Å². The fourth-order valence-corrected chi connectivity index (χ4v) is 6.89. The van der Waals surface area contributed by atoms with E-state index >= 15 is 0 Å². The predicted octanol–water partition coefficient (Wildman–Crippen LogP) is 3.80. The van der Waals surface area contributed by atoms with Gasteiger partial charge in [0.1, 0.15) is 29.3 Å². The number of esters is 1. The second kappa shape index (κ2) is 14.6. The van der Waals surface area contributed by atoms with Crippen LogP contribution in [0.15, 0.2) is 0 Å². The Kier molecular flexibility index (Phi) is 11.9. The first kappa shape index (κ1) is 39.1. The third kappa shape index (κ3) is 10.6. The van der Waals surface area contributed by atoms with Crippen molar-refractivity contribution in [3.8, 4) is 0 Å². The molecule has 5 atom stereocenters. The molecule has 48 heavy (non-hydrogen) atoms. The van der Waals surface area contributed by atoms with Gasteiger partial charge in [-0.15, -0.1) is 0 Å². The van der Waals surface area contributed by atoms with Crippen LogP contribution in [0.4, 0.5) is 18.0 Å². The van der Waals surface area contributed by atoms with Gasteiger partial charge in [0.25, 0.3) is 5.91 Å². The number of piperidine rings is 1. The van der Waals surface area contributed by atoms with E-state index < -0.39 is 88.8 Å². The number of hydrogen-bond acceptors (Lipinski definition) is 8.